The summed E-state index contributed by atoms with van der Waals surface area (Å²) in [4.78, 5) is 52.1. The van der Waals surface area contributed by atoms with E-state index in [1.165, 1.54) is 25.0 Å². The molecule has 0 bridgehead atoms. The van der Waals surface area contributed by atoms with Gasteiger partial charge in [-0.15, -0.1) is 0 Å². The number of rotatable bonds is 1. The van der Waals surface area contributed by atoms with Crippen molar-refractivity contribution in [3.05, 3.63) is 23.0 Å². The highest BCUT2D eigenvalue weighted by molar-refractivity contribution is 6.26. The Balaban J connectivity index is 1.71. The fourth-order valence-electron chi connectivity index (χ4n) is 4.44. The zero-order valence-corrected chi connectivity index (χ0v) is 16.0. The van der Waals surface area contributed by atoms with Crippen LogP contribution in [-0.4, -0.2) is 53.3 Å². The molecular weight excluding hydrogens is 352 g/mol. The Labute approximate surface area is 156 Å². The van der Waals surface area contributed by atoms with Crippen LogP contribution in [0.15, 0.2) is 23.0 Å². The summed E-state index contributed by atoms with van der Waals surface area (Å²) in [7, 11) is 1.20. The van der Waals surface area contributed by atoms with Crippen molar-refractivity contribution in [1.29, 1.82) is 0 Å². The molecule has 8 heteroatoms. The number of methoxy groups -OCH3 is 1. The SMILES string of the molecule is COC(=O)C1(C)NC2=C(C1=O)[C@@]13C[C@@H]1CN(C(=O)OC(C)(C)C)C3=CC2=O. The third kappa shape index (κ3) is 2.15. The van der Waals surface area contributed by atoms with Crippen molar-refractivity contribution < 1.29 is 28.7 Å². The molecule has 0 aromatic carbocycles. The Kier molecular flexibility index (Phi) is 3.28. The first-order chi connectivity index (χ1) is 12.5. The number of amides is 1. The Morgan fingerprint density at radius 2 is 1.96 bits per heavy atom. The number of piperidine rings is 1. The zero-order valence-electron chi connectivity index (χ0n) is 16.0. The Bertz CT molecular complexity index is 879. The summed E-state index contributed by atoms with van der Waals surface area (Å²) in [5, 5.41) is 2.79. The predicted octanol–water partition coefficient (Wildman–Crippen LogP) is 1.07. The number of esters is 1. The summed E-state index contributed by atoms with van der Waals surface area (Å²) in [6.07, 6.45) is 1.51. The lowest BCUT2D eigenvalue weighted by molar-refractivity contribution is -0.150. The van der Waals surface area contributed by atoms with Gasteiger partial charge < -0.3 is 14.8 Å². The van der Waals surface area contributed by atoms with Gasteiger partial charge in [-0.1, -0.05) is 0 Å². The van der Waals surface area contributed by atoms with E-state index in [-0.39, 0.29) is 11.6 Å². The Morgan fingerprint density at radius 1 is 1.30 bits per heavy atom. The van der Waals surface area contributed by atoms with Crippen molar-refractivity contribution >= 4 is 23.6 Å². The molecule has 1 spiro atoms. The number of ketones is 2. The minimum atomic E-state index is -1.63. The lowest BCUT2D eigenvalue weighted by atomic mass is 9.80. The number of likely N-dealkylation sites (tertiary alicyclic amines) is 1. The first-order valence-electron chi connectivity index (χ1n) is 8.89. The molecule has 0 aromatic rings. The van der Waals surface area contributed by atoms with Crippen molar-refractivity contribution in [1.82, 2.24) is 10.2 Å². The van der Waals surface area contributed by atoms with Crippen LogP contribution in [0, 0.1) is 11.3 Å². The maximum Gasteiger partial charge on any atom is 0.414 e. The fraction of sp³-hybridized carbons (Fsp3) is 0.579. The van der Waals surface area contributed by atoms with Gasteiger partial charge in [-0.25, -0.2) is 9.59 Å². The molecular formula is C19H22N2O6. The van der Waals surface area contributed by atoms with Crippen LogP contribution in [0.25, 0.3) is 0 Å². The minimum absolute atomic E-state index is 0.0279. The van der Waals surface area contributed by atoms with Crippen molar-refractivity contribution in [3.63, 3.8) is 0 Å². The lowest BCUT2D eigenvalue weighted by Crippen LogP contribution is -2.52. The Morgan fingerprint density at radius 3 is 2.56 bits per heavy atom. The molecule has 1 unspecified atom stereocenters. The van der Waals surface area contributed by atoms with E-state index in [2.05, 4.69) is 5.32 Å². The maximum absolute atomic E-state index is 13.2. The highest BCUT2D eigenvalue weighted by Crippen LogP contribution is 2.70. The van der Waals surface area contributed by atoms with E-state index in [1.807, 2.05) is 0 Å². The molecule has 1 saturated heterocycles. The van der Waals surface area contributed by atoms with Gasteiger partial charge >= 0.3 is 12.1 Å². The van der Waals surface area contributed by atoms with Crippen LogP contribution in [-0.2, 0) is 23.9 Å². The quantitative estimate of drug-likeness (QED) is 0.541. The number of carbonyl (C=O) groups excluding carboxylic acids is 4. The lowest BCUT2D eigenvalue weighted by Gasteiger charge is -2.30. The van der Waals surface area contributed by atoms with Gasteiger partial charge in [0.15, 0.2) is 11.3 Å². The van der Waals surface area contributed by atoms with E-state index in [1.54, 1.807) is 20.8 Å². The van der Waals surface area contributed by atoms with Crippen molar-refractivity contribution in [2.45, 2.75) is 45.3 Å². The summed E-state index contributed by atoms with van der Waals surface area (Å²) >= 11 is 0. The zero-order chi connectivity index (χ0) is 19.9. The molecule has 2 fully saturated rings. The second-order valence-electron chi connectivity index (χ2n) is 8.68. The Hall–Kier alpha value is -2.64. The van der Waals surface area contributed by atoms with E-state index in [9.17, 15) is 19.2 Å². The van der Waals surface area contributed by atoms with Crippen LogP contribution < -0.4 is 5.32 Å². The molecule has 144 valence electrons. The first-order valence-corrected chi connectivity index (χ1v) is 8.89. The van der Waals surface area contributed by atoms with Crippen LogP contribution >= 0.6 is 0 Å². The molecule has 4 aliphatic rings. The number of nitrogens with zero attached hydrogens (tertiary/aromatic N) is 1. The second-order valence-corrected chi connectivity index (χ2v) is 8.68. The molecule has 1 saturated carbocycles. The number of hydrogen-bond acceptors (Lipinski definition) is 7. The largest absolute Gasteiger partial charge is 0.467 e. The number of hydrogen-bond donors (Lipinski definition) is 1. The van der Waals surface area contributed by atoms with E-state index in [0.717, 1.165) is 0 Å². The predicted molar refractivity (Wildman–Crippen MR) is 92.2 cm³/mol. The molecule has 1 N–H and O–H groups in total. The third-order valence-electron chi connectivity index (χ3n) is 5.73. The van der Waals surface area contributed by atoms with Crippen LogP contribution in [0.5, 0.6) is 0 Å². The van der Waals surface area contributed by atoms with Crippen LogP contribution in [0.2, 0.25) is 0 Å². The van der Waals surface area contributed by atoms with Crippen LogP contribution in [0.3, 0.4) is 0 Å². The normalized spacial score (nSPS) is 33.7. The average molecular weight is 374 g/mol. The summed E-state index contributed by atoms with van der Waals surface area (Å²) in [6.45, 7) is 7.11. The fourth-order valence-corrected chi connectivity index (χ4v) is 4.44. The van der Waals surface area contributed by atoms with Gasteiger partial charge in [0.2, 0.25) is 5.78 Å². The molecule has 4 rings (SSSR count). The van der Waals surface area contributed by atoms with Gasteiger partial charge in [-0.3, -0.25) is 14.5 Å². The third-order valence-corrected chi connectivity index (χ3v) is 5.73. The number of allylic oxidation sites excluding steroid dienone is 2. The maximum atomic E-state index is 13.2. The average Bonchev–Trinajstić information content (AvgIpc) is 3.07. The number of nitrogens with one attached hydrogen (secondary N) is 1. The van der Waals surface area contributed by atoms with Gasteiger partial charge in [-0.05, 0) is 40.0 Å². The standard InChI is InChI=1S/C19H22N2O6/c1-17(2,3)27-16(25)21-8-9-7-19(9)11(21)6-10(22)13-12(19)14(23)18(4,20-13)15(24)26-5/h6,9,20H,7-8H2,1-5H3/t9-,18?,19+/m1/s1. The van der Waals surface area contributed by atoms with Crippen molar-refractivity contribution in [3.8, 4) is 0 Å². The second kappa shape index (κ2) is 4.99. The molecule has 2 heterocycles. The first kappa shape index (κ1) is 17.8. The molecule has 2 aliphatic heterocycles. The van der Waals surface area contributed by atoms with Gasteiger partial charge in [0.25, 0.3) is 0 Å². The number of Topliss-reactive ketones (excluding diaryl/α,β-unsaturated/α-hetero) is 1. The summed E-state index contributed by atoms with van der Waals surface area (Å²) in [5.41, 5.74) is -2.06. The number of ether oxygens (including phenoxy) is 2. The van der Waals surface area contributed by atoms with E-state index < -0.39 is 40.2 Å². The van der Waals surface area contributed by atoms with E-state index in [0.29, 0.717) is 24.2 Å². The van der Waals surface area contributed by atoms with Gasteiger partial charge in [0.1, 0.15) is 5.60 Å². The van der Waals surface area contributed by atoms with Crippen molar-refractivity contribution in [2.75, 3.05) is 13.7 Å². The molecule has 8 nitrogen and oxygen atoms in total. The molecule has 0 radical (unpaired) electrons. The monoisotopic (exact) mass is 374 g/mol. The van der Waals surface area contributed by atoms with E-state index >= 15 is 0 Å². The smallest absolute Gasteiger partial charge is 0.414 e. The van der Waals surface area contributed by atoms with Crippen LogP contribution in [0.1, 0.15) is 34.1 Å². The summed E-state index contributed by atoms with van der Waals surface area (Å²) in [5.74, 6) is -1.60. The van der Waals surface area contributed by atoms with Crippen LogP contribution in [0.4, 0.5) is 4.79 Å². The molecule has 3 atom stereocenters. The molecule has 0 aromatic heterocycles. The molecule has 1 amide bonds. The van der Waals surface area contributed by atoms with Crippen molar-refractivity contribution in [2.24, 2.45) is 11.3 Å². The van der Waals surface area contributed by atoms with Gasteiger partial charge in [0.05, 0.1) is 12.8 Å². The van der Waals surface area contributed by atoms with Gasteiger partial charge in [-0.2, -0.15) is 0 Å². The number of carbonyl (C=O) groups is 4. The molecule has 2 aliphatic carbocycles. The summed E-state index contributed by atoms with van der Waals surface area (Å²) < 4.78 is 10.2. The van der Waals surface area contributed by atoms with Gasteiger partial charge in [0, 0.05) is 29.3 Å². The molecule has 27 heavy (non-hydrogen) atoms. The summed E-state index contributed by atoms with van der Waals surface area (Å²) in [6, 6.07) is 0. The highest BCUT2D eigenvalue weighted by atomic mass is 16.6. The highest BCUT2D eigenvalue weighted by Gasteiger charge is 2.73. The minimum Gasteiger partial charge on any atom is -0.467 e. The topological polar surface area (TPSA) is 102 Å². The van der Waals surface area contributed by atoms with E-state index in [4.69, 9.17) is 9.47 Å².